The van der Waals surface area contributed by atoms with Gasteiger partial charge in [0.15, 0.2) is 5.43 Å². The van der Waals surface area contributed by atoms with Crippen LogP contribution >= 0.6 is 0 Å². The summed E-state index contributed by atoms with van der Waals surface area (Å²) in [4.78, 5) is 27.8. The van der Waals surface area contributed by atoms with Crippen LogP contribution in [0.15, 0.2) is 59.8 Å². The fourth-order valence-electron chi connectivity index (χ4n) is 2.33. The number of amides is 1. The molecule has 6 heteroatoms. The van der Waals surface area contributed by atoms with Gasteiger partial charge in [-0.3, -0.25) is 14.6 Å². The Bertz CT molecular complexity index is 907. The van der Waals surface area contributed by atoms with E-state index in [0.29, 0.717) is 12.1 Å². The monoisotopic (exact) mass is 311 g/mol. The van der Waals surface area contributed by atoms with E-state index in [1.807, 2.05) is 12.1 Å². The quantitative estimate of drug-likeness (QED) is 0.800. The highest BCUT2D eigenvalue weighted by molar-refractivity contribution is 5.82. The second-order valence-electron chi connectivity index (χ2n) is 5.10. The maximum absolute atomic E-state index is 13.3. The minimum atomic E-state index is -0.477. The van der Waals surface area contributed by atoms with Crippen molar-refractivity contribution >= 4 is 16.8 Å². The Morgan fingerprint density at radius 1 is 1.17 bits per heavy atom. The van der Waals surface area contributed by atoms with Crippen molar-refractivity contribution in [1.82, 2.24) is 14.9 Å². The lowest BCUT2D eigenvalue weighted by molar-refractivity contribution is -0.121. The van der Waals surface area contributed by atoms with Gasteiger partial charge in [0.2, 0.25) is 5.91 Å². The average molecular weight is 311 g/mol. The van der Waals surface area contributed by atoms with E-state index in [-0.39, 0.29) is 23.3 Å². The summed E-state index contributed by atoms with van der Waals surface area (Å²) in [6.45, 7) is 0.446. The molecule has 23 heavy (non-hydrogen) atoms. The molecule has 0 bridgehead atoms. The first-order chi connectivity index (χ1) is 11.1. The maximum atomic E-state index is 13.3. The normalized spacial score (nSPS) is 10.7. The topological polar surface area (TPSA) is 64.0 Å². The minimum absolute atomic E-state index is 0.0491. The molecular formula is C17H14FN3O2. The number of nitrogens with one attached hydrogen (secondary N) is 1. The van der Waals surface area contributed by atoms with Gasteiger partial charge in [0, 0.05) is 36.6 Å². The molecular weight excluding hydrogens is 297 g/mol. The lowest BCUT2D eigenvalue weighted by Crippen LogP contribution is -2.27. The highest BCUT2D eigenvalue weighted by Crippen LogP contribution is 2.12. The molecule has 0 spiro atoms. The zero-order chi connectivity index (χ0) is 16.2. The number of aromatic nitrogens is 2. The first kappa shape index (κ1) is 14.9. The molecule has 0 aliphatic heterocycles. The van der Waals surface area contributed by atoms with Gasteiger partial charge in [-0.25, -0.2) is 4.39 Å². The fourth-order valence-corrected chi connectivity index (χ4v) is 2.33. The zero-order valence-corrected chi connectivity index (χ0v) is 12.2. The highest BCUT2D eigenvalue weighted by atomic mass is 19.1. The van der Waals surface area contributed by atoms with Gasteiger partial charge < -0.3 is 9.88 Å². The van der Waals surface area contributed by atoms with E-state index in [9.17, 15) is 14.0 Å². The summed E-state index contributed by atoms with van der Waals surface area (Å²) < 4.78 is 14.9. The van der Waals surface area contributed by atoms with Crippen molar-refractivity contribution in [3.63, 3.8) is 0 Å². The van der Waals surface area contributed by atoms with Crippen LogP contribution in [0.2, 0.25) is 0 Å². The Hall–Kier alpha value is -3.02. The molecule has 3 aromatic rings. The van der Waals surface area contributed by atoms with Gasteiger partial charge in [-0.15, -0.1) is 0 Å². The van der Waals surface area contributed by atoms with E-state index >= 15 is 0 Å². The predicted octanol–water partition coefficient (Wildman–Crippen LogP) is 1.85. The van der Waals surface area contributed by atoms with E-state index in [1.54, 1.807) is 17.0 Å². The van der Waals surface area contributed by atoms with Crippen LogP contribution in [0.1, 0.15) is 5.56 Å². The molecule has 2 heterocycles. The SMILES string of the molecule is O=C(Cn1ccc(=O)c2cc(F)ccc21)NCc1ccncc1. The van der Waals surface area contributed by atoms with Gasteiger partial charge in [0.1, 0.15) is 12.4 Å². The van der Waals surface area contributed by atoms with Gasteiger partial charge >= 0.3 is 0 Å². The molecule has 5 nitrogen and oxygen atoms in total. The lowest BCUT2D eigenvalue weighted by Gasteiger charge is -2.11. The number of fused-ring (bicyclic) bond motifs is 1. The number of rotatable bonds is 4. The molecule has 1 N–H and O–H groups in total. The molecule has 0 aliphatic carbocycles. The number of carbonyl (C=O) groups is 1. The van der Waals surface area contributed by atoms with Crippen molar-refractivity contribution in [3.8, 4) is 0 Å². The van der Waals surface area contributed by atoms with E-state index in [1.165, 1.54) is 30.5 Å². The molecule has 2 aromatic heterocycles. The molecule has 0 aliphatic rings. The van der Waals surface area contributed by atoms with Gasteiger partial charge in [-0.2, -0.15) is 0 Å². The maximum Gasteiger partial charge on any atom is 0.240 e. The zero-order valence-electron chi connectivity index (χ0n) is 12.2. The summed E-state index contributed by atoms with van der Waals surface area (Å²) >= 11 is 0. The molecule has 3 rings (SSSR count). The van der Waals surface area contributed by atoms with E-state index in [2.05, 4.69) is 10.3 Å². The van der Waals surface area contributed by atoms with Crippen LogP contribution in [0.3, 0.4) is 0 Å². The number of hydrogen-bond donors (Lipinski definition) is 1. The van der Waals surface area contributed by atoms with Crippen LogP contribution in [0.4, 0.5) is 4.39 Å². The average Bonchev–Trinajstić information content (AvgIpc) is 2.57. The summed E-state index contributed by atoms with van der Waals surface area (Å²) in [5.74, 6) is -0.675. The predicted molar refractivity (Wildman–Crippen MR) is 84.2 cm³/mol. The van der Waals surface area contributed by atoms with E-state index in [4.69, 9.17) is 0 Å². The van der Waals surface area contributed by atoms with Crippen LogP contribution in [0.5, 0.6) is 0 Å². The Morgan fingerprint density at radius 2 is 1.96 bits per heavy atom. The minimum Gasteiger partial charge on any atom is -0.350 e. The second kappa shape index (κ2) is 6.39. The summed E-state index contributed by atoms with van der Waals surface area (Å²) in [5.41, 5.74) is 1.20. The third kappa shape index (κ3) is 3.42. The van der Waals surface area contributed by atoms with E-state index < -0.39 is 5.82 Å². The Balaban J connectivity index is 1.77. The highest BCUT2D eigenvalue weighted by Gasteiger charge is 2.08. The number of carbonyl (C=O) groups excluding carboxylic acids is 1. The van der Waals surface area contributed by atoms with Crippen LogP contribution in [-0.2, 0) is 17.9 Å². The van der Waals surface area contributed by atoms with Crippen LogP contribution < -0.4 is 10.7 Å². The number of hydrogen-bond acceptors (Lipinski definition) is 3. The van der Waals surface area contributed by atoms with Crippen LogP contribution in [0, 0.1) is 5.82 Å². The summed E-state index contributed by atoms with van der Waals surface area (Å²) in [5, 5.41) is 3.06. The number of halogens is 1. The molecule has 0 radical (unpaired) electrons. The molecule has 0 atom stereocenters. The van der Waals surface area contributed by atoms with Crippen molar-refractivity contribution in [2.75, 3.05) is 0 Å². The van der Waals surface area contributed by atoms with Crippen molar-refractivity contribution in [2.45, 2.75) is 13.1 Å². The molecule has 0 unspecified atom stereocenters. The molecule has 0 saturated carbocycles. The summed E-state index contributed by atoms with van der Waals surface area (Å²) in [7, 11) is 0. The Kier molecular flexibility index (Phi) is 4.14. The van der Waals surface area contributed by atoms with Gasteiger partial charge in [0.25, 0.3) is 0 Å². The van der Waals surface area contributed by atoms with Crippen LogP contribution in [0.25, 0.3) is 10.9 Å². The molecule has 1 aromatic carbocycles. The van der Waals surface area contributed by atoms with E-state index in [0.717, 1.165) is 5.56 Å². The standard InChI is InChI=1S/C17H14FN3O2/c18-13-1-2-15-14(9-13)16(22)5-8-21(15)11-17(23)20-10-12-3-6-19-7-4-12/h1-9H,10-11H2,(H,20,23). The summed E-state index contributed by atoms with van der Waals surface area (Å²) in [6, 6.07) is 8.92. The van der Waals surface area contributed by atoms with Gasteiger partial charge in [-0.05, 0) is 35.9 Å². The first-order valence-electron chi connectivity index (χ1n) is 7.08. The van der Waals surface area contributed by atoms with Crippen molar-refractivity contribution in [3.05, 3.63) is 76.6 Å². The third-order valence-electron chi connectivity index (χ3n) is 3.49. The Labute approximate surface area is 131 Å². The first-order valence-corrected chi connectivity index (χ1v) is 7.08. The second-order valence-corrected chi connectivity index (χ2v) is 5.10. The summed E-state index contributed by atoms with van der Waals surface area (Å²) in [6.07, 6.45) is 4.85. The lowest BCUT2D eigenvalue weighted by atomic mass is 10.2. The fraction of sp³-hybridized carbons (Fsp3) is 0.118. The molecule has 0 fully saturated rings. The number of nitrogens with zero attached hydrogens (tertiary/aromatic N) is 2. The van der Waals surface area contributed by atoms with Crippen molar-refractivity contribution in [2.24, 2.45) is 0 Å². The molecule has 116 valence electrons. The smallest absolute Gasteiger partial charge is 0.240 e. The Morgan fingerprint density at radius 3 is 2.74 bits per heavy atom. The van der Waals surface area contributed by atoms with Crippen molar-refractivity contribution < 1.29 is 9.18 Å². The van der Waals surface area contributed by atoms with Crippen LogP contribution in [-0.4, -0.2) is 15.5 Å². The third-order valence-corrected chi connectivity index (χ3v) is 3.49. The van der Waals surface area contributed by atoms with Gasteiger partial charge in [-0.1, -0.05) is 0 Å². The molecule has 0 saturated heterocycles. The number of pyridine rings is 2. The van der Waals surface area contributed by atoms with Crippen molar-refractivity contribution in [1.29, 1.82) is 0 Å². The largest absolute Gasteiger partial charge is 0.350 e. The molecule has 1 amide bonds. The number of benzene rings is 1. The van der Waals surface area contributed by atoms with Gasteiger partial charge in [0.05, 0.1) is 5.52 Å².